The normalized spacial score (nSPS) is 24.3. The van der Waals surface area contributed by atoms with Crippen LogP contribution in [-0.2, 0) is 20.8 Å². The van der Waals surface area contributed by atoms with Crippen molar-refractivity contribution in [3.05, 3.63) is 52.5 Å². The number of anilines is 2. The van der Waals surface area contributed by atoms with Gasteiger partial charge in [-0.15, -0.1) is 31.4 Å². The van der Waals surface area contributed by atoms with Gasteiger partial charge in [0.15, 0.2) is 17.1 Å². The molecule has 2 amide bonds. The summed E-state index contributed by atoms with van der Waals surface area (Å²) in [6.45, 7) is 3.85. The second-order valence-electron chi connectivity index (χ2n) is 11.0. The van der Waals surface area contributed by atoms with Crippen molar-refractivity contribution in [1.29, 1.82) is 0 Å². The van der Waals surface area contributed by atoms with Gasteiger partial charge in [-0.25, -0.2) is 0 Å². The number of fused-ring (bicyclic) bond motifs is 3. The van der Waals surface area contributed by atoms with E-state index in [0.29, 0.717) is 17.8 Å². The van der Waals surface area contributed by atoms with Gasteiger partial charge < -0.3 is 41.7 Å². The van der Waals surface area contributed by atoms with Crippen LogP contribution in [0, 0.1) is 11.8 Å². The Hall–Kier alpha value is -3.62. The van der Waals surface area contributed by atoms with E-state index >= 15 is 0 Å². The summed E-state index contributed by atoms with van der Waals surface area (Å²) in [5.74, 6) is -7.86. The number of likely N-dealkylation sites (N-methyl/N-ethyl adjacent to an activating group) is 1. The van der Waals surface area contributed by atoms with E-state index in [1.54, 1.807) is 45.2 Å². The van der Waals surface area contributed by atoms with E-state index in [9.17, 15) is 39.6 Å². The van der Waals surface area contributed by atoms with Gasteiger partial charge in [0.25, 0.3) is 5.91 Å². The first-order valence-electron chi connectivity index (χ1n) is 13.0. The molecule has 0 bridgehead atoms. The molecule has 1 aromatic rings. The number of phenols is 1. The quantitative estimate of drug-likeness (QED) is 0.0912. The first-order chi connectivity index (χ1) is 19.2. The maximum Gasteiger partial charge on any atom is 0.255 e. The highest BCUT2D eigenvalue weighted by molar-refractivity contribution is 6.25. The van der Waals surface area contributed by atoms with Crippen molar-refractivity contribution in [3.8, 4) is 5.75 Å². The third kappa shape index (κ3) is 5.58. The number of rotatable bonds is 8. The lowest BCUT2D eigenvalue weighted by Gasteiger charge is -2.50. The number of carbonyl (C=O) groups excluding carboxylic acids is 4. The van der Waals surface area contributed by atoms with Crippen molar-refractivity contribution in [2.24, 2.45) is 17.6 Å². The molecular weight excluding hydrogens is 605 g/mol. The van der Waals surface area contributed by atoms with Crippen molar-refractivity contribution in [2.75, 3.05) is 51.5 Å². The Labute approximate surface area is 260 Å². The first kappa shape index (κ1) is 35.6. The standard InChI is InChI=1S/C28H35N5O8.2ClH/c1-6-7-30-11-17(34)31-15-10-16(32(2)3)13-8-12-9-14-21(33(4)5)24(37)20(27(29)40)26(39)28(14,41)25(38)18(12)23(36)19(13)22(15)35;;/h6,10,12,14,21,30,35,37-38,41H,1,7-9,11H2,2-5H3,(H2,29,40)(H,31,34);2*1H/t12?,14?,21-,28-;;/m0../s1. The fourth-order valence-corrected chi connectivity index (χ4v) is 6.28. The largest absolute Gasteiger partial charge is 0.510 e. The maximum atomic E-state index is 14.0. The molecule has 0 saturated carbocycles. The molecule has 43 heavy (non-hydrogen) atoms. The number of aliphatic hydroxyl groups is 3. The number of halogens is 2. The fourth-order valence-electron chi connectivity index (χ4n) is 6.28. The summed E-state index contributed by atoms with van der Waals surface area (Å²) < 4.78 is 0. The minimum atomic E-state index is -2.73. The number of allylic oxidation sites excluding steroid dienone is 1. The zero-order valence-corrected chi connectivity index (χ0v) is 25.8. The molecule has 2 unspecified atom stereocenters. The van der Waals surface area contributed by atoms with Crippen LogP contribution in [0.15, 0.2) is 41.4 Å². The Morgan fingerprint density at radius 2 is 1.79 bits per heavy atom. The Morgan fingerprint density at radius 1 is 1.16 bits per heavy atom. The molecule has 3 aliphatic rings. The number of Topliss-reactive ketones (excluding diaryl/α,β-unsaturated/α-hetero) is 2. The van der Waals surface area contributed by atoms with Crippen LogP contribution in [0.4, 0.5) is 11.4 Å². The lowest BCUT2D eigenvalue weighted by molar-refractivity contribution is -0.148. The Morgan fingerprint density at radius 3 is 2.33 bits per heavy atom. The van der Waals surface area contributed by atoms with Crippen LogP contribution < -0.4 is 21.3 Å². The third-order valence-corrected chi connectivity index (χ3v) is 8.03. The van der Waals surface area contributed by atoms with E-state index in [0.717, 1.165) is 0 Å². The molecule has 0 fully saturated rings. The molecule has 0 aromatic heterocycles. The molecule has 15 heteroatoms. The predicted molar refractivity (Wildman–Crippen MR) is 164 cm³/mol. The molecule has 4 atom stereocenters. The van der Waals surface area contributed by atoms with Crippen LogP contribution >= 0.6 is 24.8 Å². The number of nitrogens with two attached hydrogens (primary N) is 1. The molecule has 0 saturated heterocycles. The number of nitrogens with zero attached hydrogens (tertiary/aromatic N) is 2. The van der Waals surface area contributed by atoms with Gasteiger partial charge in [-0.1, -0.05) is 6.08 Å². The maximum absolute atomic E-state index is 14.0. The molecule has 4 rings (SSSR count). The fraction of sp³-hybridized carbons (Fsp3) is 0.429. The van der Waals surface area contributed by atoms with Crippen LogP contribution in [0.25, 0.3) is 0 Å². The highest BCUT2D eigenvalue weighted by Crippen LogP contribution is 2.53. The van der Waals surface area contributed by atoms with Crippen molar-refractivity contribution < 1.29 is 39.6 Å². The van der Waals surface area contributed by atoms with E-state index in [4.69, 9.17) is 5.73 Å². The minimum Gasteiger partial charge on any atom is -0.510 e. The van der Waals surface area contributed by atoms with E-state index in [1.165, 1.54) is 4.90 Å². The first-order valence-corrected chi connectivity index (χ1v) is 13.0. The minimum absolute atomic E-state index is 0. The summed E-state index contributed by atoms with van der Waals surface area (Å²) in [6, 6.07) is 0.468. The van der Waals surface area contributed by atoms with Gasteiger partial charge in [-0.05, 0) is 44.5 Å². The van der Waals surface area contributed by atoms with E-state index in [1.807, 2.05) is 0 Å². The van der Waals surface area contributed by atoms with Gasteiger partial charge in [0.2, 0.25) is 11.7 Å². The molecule has 3 aliphatic carbocycles. The smallest absolute Gasteiger partial charge is 0.255 e. The number of aromatic hydroxyl groups is 1. The zero-order valence-electron chi connectivity index (χ0n) is 24.1. The molecule has 0 heterocycles. The average Bonchev–Trinajstić information content (AvgIpc) is 2.87. The molecule has 0 radical (unpaired) electrons. The Bertz CT molecular complexity index is 1440. The highest BCUT2D eigenvalue weighted by atomic mass is 35.5. The van der Waals surface area contributed by atoms with Crippen molar-refractivity contribution in [3.63, 3.8) is 0 Å². The van der Waals surface area contributed by atoms with Crippen LogP contribution in [0.3, 0.4) is 0 Å². The number of aliphatic hydroxyl groups excluding tert-OH is 2. The summed E-state index contributed by atoms with van der Waals surface area (Å²) in [5, 5.41) is 50.7. The second kappa shape index (κ2) is 12.9. The number of hydrogen-bond donors (Lipinski definition) is 7. The number of benzene rings is 1. The van der Waals surface area contributed by atoms with Crippen molar-refractivity contribution in [2.45, 2.75) is 24.5 Å². The zero-order chi connectivity index (χ0) is 30.5. The molecule has 8 N–H and O–H groups in total. The monoisotopic (exact) mass is 641 g/mol. The summed E-state index contributed by atoms with van der Waals surface area (Å²) in [7, 11) is 6.59. The molecular formula is C28H37Cl2N5O8. The number of primary amides is 1. The number of ketones is 2. The topological polar surface area (TPSA) is 206 Å². The molecule has 0 aliphatic heterocycles. The number of phenolic OH excluding ortho intramolecular Hbond substituents is 1. The summed E-state index contributed by atoms with van der Waals surface area (Å²) >= 11 is 0. The van der Waals surface area contributed by atoms with E-state index < -0.39 is 69.7 Å². The number of carbonyl (C=O) groups is 4. The van der Waals surface area contributed by atoms with Gasteiger partial charge in [0.05, 0.1) is 23.8 Å². The lowest BCUT2D eigenvalue weighted by atomic mass is 9.58. The van der Waals surface area contributed by atoms with Crippen molar-refractivity contribution in [1.82, 2.24) is 10.2 Å². The van der Waals surface area contributed by atoms with Crippen LogP contribution in [0.1, 0.15) is 22.3 Å². The lowest BCUT2D eigenvalue weighted by Crippen LogP contribution is -2.63. The van der Waals surface area contributed by atoms with Crippen LogP contribution in [0.2, 0.25) is 0 Å². The predicted octanol–water partition coefficient (Wildman–Crippen LogP) is 0.744. The Balaban J connectivity index is 0.00000323. The number of nitrogens with one attached hydrogen (secondary N) is 2. The summed E-state index contributed by atoms with van der Waals surface area (Å²) in [5.41, 5.74) is 2.24. The molecule has 236 valence electrons. The van der Waals surface area contributed by atoms with Crippen LogP contribution in [0.5, 0.6) is 5.75 Å². The van der Waals surface area contributed by atoms with Gasteiger partial charge in [0.1, 0.15) is 17.1 Å². The van der Waals surface area contributed by atoms with Gasteiger partial charge in [0, 0.05) is 37.8 Å². The Kier molecular flexibility index (Phi) is 10.7. The van der Waals surface area contributed by atoms with Crippen molar-refractivity contribution >= 4 is 59.6 Å². The summed E-state index contributed by atoms with van der Waals surface area (Å²) in [6.07, 6.45) is 1.69. The highest BCUT2D eigenvalue weighted by Gasteiger charge is 2.63. The average molecular weight is 643 g/mol. The third-order valence-electron chi connectivity index (χ3n) is 8.03. The van der Waals surface area contributed by atoms with Gasteiger partial charge in [-0.2, -0.15) is 0 Å². The molecule has 1 aromatic carbocycles. The van der Waals surface area contributed by atoms with Gasteiger partial charge in [-0.3, -0.25) is 24.1 Å². The summed E-state index contributed by atoms with van der Waals surface area (Å²) in [4.78, 5) is 55.3. The van der Waals surface area contributed by atoms with Crippen LogP contribution in [-0.4, -0.2) is 102 Å². The SMILES string of the molecule is C=CCNCC(=O)Nc1cc(N(C)C)c2c(c1O)C(=O)C1=C(O)[C@]3(O)C(=O)C(C(N)=O)=C(O)[C@@H](N(C)C)C3CC1C2.Cl.Cl. The number of amides is 2. The number of hydrogen-bond acceptors (Lipinski definition) is 11. The molecule has 13 nitrogen and oxygen atoms in total. The molecule has 0 spiro atoms. The second-order valence-corrected chi connectivity index (χ2v) is 11.0. The van der Waals surface area contributed by atoms with E-state index in [2.05, 4.69) is 17.2 Å². The van der Waals surface area contributed by atoms with E-state index in [-0.39, 0.29) is 61.0 Å². The van der Waals surface area contributed by atoms with Gasteiger partial charge >= 0.3 is 0 Å².